The summed E-state index contributed by atoms with van der Waals surface area (Å²) in [4.78, 5) is 18.0. The van der Waals surface area contributed by atoms with Gasteiger partial charge in [-0.2, -0.15) is 0 Å². The number of ether oxygens (including phenoxy) is 2. The van der Waals surface area contributed by atoms with Crippen LogP contribution in [0.1, 0.15) is 83.6 Å². The van der Waals surface area contributed by atoms with E-state index in [0.717, 1.165) is 42.9 Å². The summed E-state index contributed by atoms with van der Waals surface area (Å²) in [6, 6.07) is 7.09. The minimum absolute atomic E-state index is 0.144. The van der Waals surface area contributed by atoms with Crippen LogP contribution in [-0.4, -0.2) is 55.5 Å². The zero-order chi connectivity index (χ0) is 23.2. The summed E-state index contributed by atoms with van der Waals surface area (Å²) in [5.74, 6) is 0.980. The molecule has 2 aliphatic carbocycles. The standard InChI is InChI=1S/C27H43N3O3/c1-4-29(5-2)23-17-16-20(24(19-23)32-3)18-25-26(31)30(22-14-10-7-11-15-22)27(33-25)28-21-12-8-6-9-13-21/h16-17,19,21-22,25,27-28H,4-15,18H2,1-3H3. The van der Waals surface area contributed by atoms with Gasteiger partial charge in [0.05, 0.1) is 7.11 Å². The predicted octanol–water partition coefficient (Wildman–Crippen LogP) is 4.85. The molecule has 2 unspecified atom stereocenters. The Morgan fingerprint density at radius 1 is 1.03 bits per heavy atom. The van der Waals surface area contributed by atoms with Crippen LogP contribution in [0, 0.1) is 0 Å². The number of methoxy groups -OCH3 is 1. The minimum Gasteiger partial charge on any atom is -0.496 e. The zero-order valence-electron chi connectivity index (χ0n) is 20.9. The van der Waals surface area contributed by atoms with Gasteiger partial charge in [-0.15, -0.1) is 0 Å². The average molecular weight is 458 g/mol. The summed E-state index contributed by atoms with van der Waals surface area (Å²) in [6.45, 7) is 6.23. The van der Waals surface area contributed by atoms with Gasteiger partial charge in [0.2, 0.25) is 0 Å². The maximum absolute atomic E-state index is 13.6. The molecule has 1 aromatic rings. The topological polar surface area (TPSA) is 54.0 Å². The third-order valence-electron chi connectivity index (χ3n) is 7.83. The van der Waals surface area contributed by atoms with Crippen molar-refractivity contribution in [2.24, 2.45) is 0 Å². The number of hydrogen-bond donors (Lipinski definition) is 1. The second-order valence-electron chi connectivity index (χ2n) is 9.89. The molecular formula is C27H43N3O3. The van der Waals surface area contributed by atoms with Crippen molar-refractivity contribution in [3.05, 3.63) is 23.8 Å². The number of nitrogens with zero attached hydrogens (tertiary/aromatic N) is 2. The monoisotopic (exact) mass is 457 g/mol. The van der Waals surface area contributed by atoms with E-state index >= 15 is 0 Å². The van der Waals surface area contributed by atoms with Crippen LogP contribution in [0.4, 0.5) is 5.69 Å². The first-order chi connectivity index (χ1) is 16.1. The van der Waals surface area contributed by atoms with Crippen LogP contribution in [-0.2, 0) is 16.0 Å². The largest absolute Gasteiger partial charge is 0.496 e. The van der Waals surface area contributed by atoms with Crippen molar-refractivity contribution in [1.29, 1.82) is 0 Å². The van der Waals surface area contributed by atoms with E-state index in [2.05, 4.69) is 47.2 Å². The van der Waals surface area contributed by atoms with E-state index in [4.69, 9.17) is 9.47 Å². The van der Waals surface area contributed by atoms with E-state index in [9.17, 15) is 4.79 Å². The zero-order valence-corrected chi connectivity index (χ0v) is 20.9. The first-order valence-corrected chi connectivity index (χ1v) is 13.3. The second kappa shape index (κ2) is 11.6. The van der Waals surface area contributed by atoms with Gasteiger partial charge in [0.1, 0.15) is 11.9 Å². The van der Waals surface area contributed by atoms with Gasteiger partial charge < -0.3 is 14.4 Å². The molecule has 1 heterocycles. The van der Waals surface area contributed by atoms with Gasteiger partial charge in [-0.3, -0.25) is 15.0 Å². The molecular weight excluding hydrogens is 414 g/mol. The van der Waals surface area contributed by atoms with Crippen molar-refractivity contribution >= 4 is 11.6 Å². The predicted molar refractivity (Wildman–Crippen MR) is 133 cm³/mol. The maximum atomic E-state index is 13.6. The molecule has 3 aliphatic rings. The molecule has 2 saturated carbocycles. The van der Waals surface area contributed by atoms with Crippen molar-refractivity contribution in [3.63, 3.8) is 0 Å². The fourth-order valence-electron chi connectivity index (χ4n) is 5.90. The molecule has 0 aromatic heterocycles. The number of hydrogen-bond acceptors (Lipinski definition) is 5. The molecule has 6 nitrogen and oxygen atoms in total. The van der Waals surface area contributed by atoms with Crippen molar-refractivity contribution in [3.8, 4) is 5.75 Å². The molecule has 1 aliphatic heterocycles. The minimum atomic E-state index is -0.457. The van der Waals surface area contributed by atoms with Crippen LogP contribution in [0.3, 0.4) is 0 Å². The molecule has 1 N–H and O–H groups in total. The Morgan fingerprint density at radius 2 is 1.70 bits per heavy atom. The van der Waals surface area contributed by atoms with Crippen molar-refractivity contribution in [2.75, 3.05) is 25.1 Å². The lowest BCUT2D eigenvalue weighted by molar-refractivity contribution is -0.133. The van der Waals surface area contributed by atoms with Gasteiger partial charge in [0.15, 0.2) is 6.35 Å². The van der Waals surface area contributed by atoms with Crippen LogP contribution in [0.5, 0.6) is 5.75 Å². The first-order valence-electron chi connectivity index (χ1n) is 13.3. The van der Waals surface area contributed by atoms with E-state index < -0.39 is 6.10 Å². The van der Waals surface area contributed by atoms with Gasteiger partial charge in [-0.1, -0.05) is 44.6 Å². The summed E-state index contributed by atoms with van der Waals surface area (Å²) in [7, 11) is 1.71. The molecule has 1 aromatic carbocycles. The van der Waals surface area contributed by atoms with Crippen LogP contribution in [0.2, 0.25) is 0 Å². The first kappa shape index (κ1) is 24.3. The van der Waals surface area contributed by atoms with Gasteiger partial charge >= 0.3 is 0 Å². The fourth-order valence-corrected chi connectivity index (χ4v) is 5.90. The summed E-state index contributed by atoms with van der Waals surface area (Å²) in [5.41, 5.74) is 2.19. The van der Waals surface area contributed by atoms with Gasteiger partial charge in [-0.25, -0.2) is 0 Å². The molecule has 0 spiro atoms. The van der Waals surface area contributed by atoms with E-state index in [1.54, 1.807) is 7.11 Å². The Hall–Kier alpha value is -1.79. The Morgan fingerprint density at radius 3 is 2.33 bits per heavy atom. The number of benzene rings is 1. The Balaban J connectivity index is 1.51. The van der Waals surface area contributed by atoms with Crippen LogP contribution < -0.4 is 15.0 Å². The van der Waals surface area contributed by atoms with Crippen molar-refractivity contribution in [2.45, 2.75) is 109 Å². The number of anilines is 1. The summed E-state index contributed by atoms with van der Waals surface area (Å²) < 4.78 is 12.2. The Labute approximate surface area is 200 Å². The van der Waals surface area contributed by atoms with Crippen molar-refractivity contribution in [1.82, 2.24) is 10.2 Å². The molecule has 33 heavy (non-hydrogen) atoms. The highest BCUT2D eigenvalue weighted by Gasteiger charge is 2.45. The van der Waals surface area contributed by atoms with Gasteiger partial charge in [-0.05, 0) is 51.2 Å². The number of carbonyl (C=O) groups excluding carboxylic acids is 1. The average Bonchev–Trinajstić information content (AvgIpc) is 3.16. The van der Waals surface area contributed by atoms with E-state index in [1.165, 1.54) is 51.4 Å². The maximum Gasteiger partial charge on any atom is 0.255 e. The molecule has 3 fully saturated rings. The molecule has 0 radical (unpaired) electrons. The Bertz CT molecular complexity index is 770. The van der Waals surface area contributed by atoms with Crippen LogP contribution in [0.25, 0.3) is 0 Å². The number of carbonyl (C=O) groups is 1. The summed E-state index contributed by atoms with van der Waals surface area (Å²) in [5, 5.41) is 3.72. The lowest BCUT2D eigenvalue weighted by atomic mass is 9.93. The molecule has 0 bridgehead atoms. The lowest BCUT2D eigenvalue weighted by Crippen LogP contribution is -2.53. The molecule has 1 saturated heterocycles. The smallest absolute Gasteiger partial charge is 0.255 e. The van der Waals surface area contributed by atoms with Crippen LogP contribution >= 0.6 is 0 Å². The van der Waals surface area contributed by atoms with E-state index in [0.29, 0.717) is 18.5 Å². The quantitative estimate of drug-likeness (QED) is 0.574. The van der Waals surface area contributed by atoms with Gasteiger partial charge in [0.25, 0.3) is 5.91 Å². The Kier molecular flexibility index (Phi) is 8.53. The lowest BCUT2D eigenvalue weighted by Gasteiger charge is -2.36. The number of rotatable bonds is 9. The van der Waals surface area contributed by atoms with Crippen molar-refractivity contribution < 1.29 is 14.3 Å². The highest BCUT2D eigenvalue weighted by atomic mass is 16.5. The van der Waals surface area contributed by atoms with Crippen LogP contribution in [0.15, 0.2) is 18.2 Å². The highest BCUT2D eigenvalue weighted by molar-refractivity contribution is 5.83. The summed E-state index contributed by atoms with van der Waals surface area (Å²) in [6.07, 6.45) is 11.9. The molecule has 1 amide bonds. The van der Waals surface area contributed by atoms with E-state index in [-0.39, 0.29) is 12.3 Å². The number of nitrogens with one attached hydrogen (secondary N) is 1. The van der Waals surface area contributed by atoms with Gasteiger partial charge in [0, 0.05) is 43.3 Å². The third kappa shape index (κ3) is 5.65. The SMILES string of the molecule is CCN(CC)c1ccc(CC2OC(NC3CCCCC3)N(C3CCCCC3)C2=O)c(OC)c1. The second-order valence-corrected chi connectivity index (χ2v) is 9.89. The van der Waals surface area contributed by atoms with E-state index in [1.807, 2.05) is 0 Å². The molecule has 184 valence electrons. The normalized spacial score (nSPS) is 24.9. The fraction of sp³-hybridized carbons (Fsp3) is 0.741. The third-order valence-corrected chi connectivity index (χ3v) is 7.83. The molecule has 4 rings (SSSR count). The molecule has 2 atom stereocenters. The summed E-state index contributed by atoms with van der Waals surface area (Å²) >= 11 is 0. The number of amides is 1. The highest BCUT2D eigenvalue weighted by Crippen LogP contribution is 2.33. The molecule has 6 heteroatoms.